The first-order chi connectivity index (χ1) is 11.4. The van der Waals surface area contributed by atoms with Crippen molar-refractivity contribution < 1.29 is 17.6 Å². The van der Waals surface area contributed by atoms with Gasteiger partial charge in [0, 0.05) is 0 Å². The van der Waals surface area contributed by atoms with Crippen molar-refractivity contribution in [1.82, 2.24) is 0 Å². The van der Waals surface area contributed by atoms with Crippen LogP contribution in [0.15, 0.2) is 48.5 Å². The fourth-order valence-corrected chi connectivity index (χ4v) is 2.48. The molecule has 1 nitrogen and oxygen atoms in total. The van der Waals surface area contributed by atoms with Crippen LogP contribution in [0.4, 0.5) is 23.2 Å². The van der Waals surface area contributed by atoms with Gasteiger partial charge in [-0.15, -0.1) is 0 Å². The summed E-state index contributed by atoms with van der Waals surface area (Å²) in [6, 6.07) is 13.8. The van der Waals surface area contributed by atoms with E-state index in [2.05, 4.69) is 0 Å². The van der Waals surface area contributed by atoms with E-state index < -0.39 is 34.5 Å². The first-order valence-electron chi connectivity index (χ1n) is 7.19. The highest BCUT2D eigenvalue weighted by molar-refractivity contribution is 5.72. The summed E-state index contributed by atoms with van der Waals surface area (Å²) in [6.45, 7) is 1.96. The van der Waals surface area contributed by atoms with Crippen molar-refractivity contribution in [1.29, 1.82) is 0 Å². The van der Waals surface area contributed by atoms with Gasteiger partial charge in [0.1, 0.15) is 5.69 Å². The molecule has 0 aliphatic heterocycles. The Labute approximate surface area is 136 Å². The maximum Gasteiger partial charge on any atom is 0.185 e. The largest absolute Gasteiger partial charge is 0.394 e. The van der Waals surface area contributed by atoms with Gasteiger partial charge >= 0.3 is 0 Å². The molecule has 0 aromatic heterocycles. The van der Waals surface area contributed by atoms with Gasteiger partial charge < -0.3 is 5.73 Å². The van der Waals surface area contributed by atoms with Crippen molar-refractivity contribution in [3.05, 3.63) is 77.4 Å². The van der Waals surface area contributed by atoms with E-state index in [1.54, 1.807) is 12.1 Å². The maximum absolute atomic E-state index is 14.0. The van der Waals surface area contributed by atoms with Crippen LogP contribution < -0.4 is 5.73 Å². The van der Waals surface area contributed by atoms with Gasteiger partial charge in [0.25, 0.3) is 0 Å². The Morgan fingerprint density at radius 1 is 0.583 bits per heavy atom. The molecule has 0 atom stereocenters. The van der Waals surface area contributed by atoms with Gasteiger partial charge in [-0.25, -0.2) is 17.6 Å². The molecule has 0 bridgehead atoms. The Bertz CT molecular complexity index is 871. The fraction of sp³-hybridized carbons (Fsp3) is 0.0526. The van der Waals surface area contributed by atoms with Gasteiger partial charge in [0.05, 0.1) is 5.56 Å². The van der Waals surface area contributed by atoms with Crippen molar-refractivity contribution in [3.8, 4) is 22.3 Å². The number of nitrogen functional groups attached to an aromatic ring is 1. The average molecular weight is 331 g/mol. The molecular formula is C19H13F4N. The molecule has 0 heterocycles. The predicted octanol–water partition coefficient (Wildman–Crippen LogP) is 5.47. The predicted molar refractivity (Wildman–Crippen MR) is 86.3 cm³/mol. The fourth-order valence-electron chi connectivity index (χ4n) is 2.48. The van der Waals surface area contributed by atoms with Crippen molar-refractivity contribution in [2.45, 2.75) is 6.92 Å². The van der Waals surface area contributed by atoms with Crippen LogP contribution in [0, 0.1) is 30.2 Å². The number of nitrogens with two attached hydrogens (primary N) is 1. The zero-order chi connectivity index (χ0) is 17.4. The number of hydrogen-bond donors (Lipinski definition) is 1. The molecular weight excluding hydrogens is 318 g/mol. The number of hydrogen-bond acceptors (Lipinski definition) is 1. The van der Waals surface area contributed by atoms with E-state index in [0.717, 1.165) is 16.7 Å². The van der Waals surface area contributed by atoms with Crippen LogP contribution in [-0.2, 0) is 0 Å². The van der Waals surface area contributed by atoms with Crippen molar-refractivity contribution >= 4 is 5.69 Å². The summed E-state index contributed by atoms with van der Waals surface area (Å²) in [4.78, 5) is 0. The summed E-state index contributed by atoms with van der Waals surface area (Å²) in [5.74, 6) is -6.19. The Hall–Kier alpha value is -2.82. The molecule has 0 spiro atoms. The van der Waals surface area contributed by atoms with Crippen LogP contribution in [0.3, 0.4) is 0 Å². The second kappa shape index (κ2) is 6.00. The van der Waals surface area contributed by atoms with E-state index in [4.69, 9.17) is 5.73 Å². The second-order valence-corrected chi connectivity index (χ2v) is 5.49. The Morgan fingerprint density at radius 3 is 1.42 bits per heavy atom. The Morgan fingerprint density at radius 2 is 0.958 bits per heavy atom. The van der Waals surface area contributed by atoms with E-state index in [1.165, 1.54) is 12.1 Å². The smallest absolute Gasteiger partial charge is 0.185 e. The summed E-state index contributed by atoms with van der Waals surface area (Å²) in [5.41, 5.74) is 5.95. The molecule has 5 heteroatoms. The van der Waals surface area contributed by atoms with Crippen molar-refractivity contribution in [2.75, 3.05) is 5.73 Å². The first kappa shape index (κ1) is 16.1. The maximum atomic E-state index is 14.0. The van der Waals surface area contributed by atoms with Gasteiger partial charge in [0.15, 0.2) is 23.3 Å². The third-order valence-electron chi connectivity index (χ3n) is 3.86. The molecule has 0 aliphatic carbocycles. The second-order valence-electron chi connectivity index (χ2n) is 5.49. The number of rotatable bonds is 2. The van der Waals surface area contributed by atoms with Gasteiger partial charge in [-0.05, 0) is 23.6 Å². The zero-order valence-corrected chi connectivity index (χ0v) is 12.7. The molecule has 0 radical (unpaired) electrons. The molecule has 0 unspecified atom stereocenters. The number of aryl methyl sites for hydroxylation is 1. The van der Waals surface area contributed by atoms with Gasteiger partial charge in [0.2, 0.25) is 0 Å². The van der Waals surface area contributed by atoms with Gasteiger partial charge in [-0.1, -0.05) is 54.1 Å². The van der Waals surface area contributed by atoms with Crippen molar-refractivity contribution in [2.24, 2.45) is 0 Å². The Balaban J connectivity index is 2.08. The van der Waals surface area contributed by atoms with Crippen LogP contribution in [0.1, 0.15) is 5.56 Å². The molecule has 3 rings (SSSR count). The minimum Gasteiger partial charge on any atom is -0.394 e. The van der Waals surface area contributed by atoms with E-state index in [0.29, 0.717) is 0 Å². The number of anilines is 1. The molecule has 122 valence electrons. The van der Waals surface area contributed by atoms with Gasteiger partial charge in [-0.3, -0.25) is 0 Å². The van der Waals surface area contributed by atoms with E-state index in [9.17, 15) is 17.6 Å². The Kier molecular flexibility index (Phi) is 4.01. The summed E-state index contributed by atoms with van der Waals surface area (Å²) in [7, 11) is 0. The molecule has 3 aromatic carbocycles. The topological polar surface area (TPSA) is 26.0 Å². The van der Waals surface area contributed by atoms with E-state index in [1.807, 2.05) is 31.2 Å². The lowest BCUT2D eigenvalue weighted by Crippen LogP contribution is -2.05. The summed E-state index contributed by atoms with van der Waals surface area (Å²) >= 11 is 0. The van der Waals surface area contributed by atoms with Crippen LogP contribution in [-0.4, -0.2) is 0 Å². The van der Waals surface area contributed by atoms with Gasteiger partial charge in [-0.2, -0.15) is 0 Å². The van der Waals surface area contributed by atoms with Crippen LogP contribution in [0.25, 0.3) is 22.3 Å². The van der Waals surface area contributed by atoms with Crippen LogP contribution >= 0.6 is 0 Å². The third kappa shape index (κ3) is 2.62. The highest BCUT2D eigenvalue weighted by Crippen LogP contribution is 2.34. The quantitative estimate of drug-likeness (QED) is 0.376. The van der Waals surface area contributed by atoms with E-state index in [-0.39, 0.29) is 5.56 Å². The molecule has 0 aliphatic rings. The molecule has 0 saturated heterocycles. The normalized spacial score (nSPS) is 10.9. The molecule has 0 saturated carbocycles. The number of halogens is 4. The zero-order valence-electron chi connectivity index (χ0n) is 12.7. The summed E-state index contributed by atoms with van der Waals surface area (Å²) in [5, 5.41) is 0. The number of benzene rings is 3. The lowest BCUT2D eigenvalue weighted by molar-refractivity contribution is 0.464. The average Bonchev–Trinajstić information content (AvgIpc) is 2.60. The third-order valence-corrected chi connectivity index (χ3v) is 3.86. The van der Waals surface area contributed by atoms with Crippen LogP contribution in [0.2, 0.25) is 0 Å². The standard InChI is InChI=1S/C19H13F4N/c1-10-2-4-11(5-3-10)12-6-8-13(9-7-12)14-15(20)17(22)19(24)18(23)16(14)21/h2-9H,24H2,1H3. The minimum atomic E-state index is -1.59. The molecule has 3 aromatic rings. The molecule has 24 heavy (non-hydrogen) atoms. The summed E-state index contributed by atoms with van der Waals surface area (Å²) in [6.07, 6.45) is 0. The van der Waals surface area contributed by atoms with Crippen LogP contribution in [0.5, 0.6) is 0 Å². The molecule has 2 N–H and O–H groups in total. The summed E-state index contributed by atoms with van der Waals surface area (Å²) < 4.78 is 55.2. The first-order valence-corrected chi connectivity index (χ1v) is 7.19. The highest BCUT2D eigenvalue weighted by atomic mass is 19.2. The lowest BCUT2D eigenvalue weighted by Gasteiger charge is -2.10. The minimum absolute atomic E-state index is 0.0265. The molecule has 0 amide bonds. The lowest BCUT2D eigenvalue weighted by atomic mass is 9.98. The van der Waals surface area contributed by atoms with E-state index >= 15 is 0 Å². The molecule has 0 fully saturated rings. The SMILES string of the molecule is Cc1ccc(-c2ccc(-c3c(F)c(F)c(N)c(F)c3F)cc2)cc1. The van der Waals surface area contributed by atoms with Crippen molar-refractivity contribution in [3.63, 3.8) is 0 Å². The highest BCUT2D eigenvalue weighted by Gasteiger charge is 2.24. The monoisotopic (exact) mass is 331 g/mol.